The minimum Gasteiger partial charge on any atom is -0.389 e. The number of hydrogen-bond acceptors (Lipinski definition) is 7. The van der Waals surface area contributed by atoms with Crippen molar-refractivity contribution in [2.75, 3.05) is 12.4 Å². The minimum atomic E-state index is -1.20. The van der Waals surface area contributed by atoms with Gasteiger partial charge in [-0.05, 0) is 42.5 Å². The van der Waals surface area contributed by atoms with Gasteiger partial charge in [0.15, 0.2) is 17.0 Å². The molecule has 0 aliphatic heterocycles. The first-order valence-corrected chi connectivity index (χ1v) is 13.3. The Morgan fingerprint density at radius 3 is 2.73 bits per heavy atom. The fourth-order valence-electron chi connectivity index (χ4n) is 6.37. The van der Waals surface area contributed by atoms with Gasteiger partial charge in [0.1, 0.15) is 11.9 Å². The van der Waals surface area contributed by atoms with Crippen molar-refractivity contribution < 1.29 is 19.4 Å². The maximum absolute atomic E-state index is 13.7. The number of imidazole rings is 1. The van der Waals surface area contributed by atoms with E-state index in [0.717, 1.165) is 6.42 Å². The number of nitrogens with one attached hydrogen (secondary N) is 2. The first kappa shape index (κ1) is 24.7. The number of hydrogen-bond donors (Lipinski definition) is 4. The molecule has 0 saturated heterocycles. The Morgan fingerprint density at radius 2 is 1.95 bits per heavy atom. The molecule has 7 atom stereocenters. The lowest BCUT2D eigenvalue weighted by Gasteiger charge is -2.23. The second-order valence-electron chi connectivity index (χ2n) is 10.8. The highest BCUT2D eigenvalue weighted by molar-refractivity contribution is 5.88. The zero-order valence-electron chi connectivity index (χ0n) is 21.6. The summed E-state index contributed by atoms with van der Waals surface area (Å²) in [7, 11) is 1.53. The molecule has 3 aliphatic carbocycles. The molecule has 0 radical (unpaired) electrons. The van der Waals surface area contributed by atoms with E-state index in [1.165, 1.54) is 24.7 Å². The van der Waals surface area contributed by atoms with Gasteiger partial charge in [-0.15, -0.1) is 0 Å². The number of carbonyl (C=O) groups is 1. The van der Waals surface area contributed by atoms with Crippen LogP contribution in [0.2, 0.25) is 0 Å². The van der Waals surface area contributed by atoms with Crippen LogP contribution in [0.15, 0.2) is 60.9 Å². The number of amides is 1. The molecule has 10 heteroatoms. The molecule has 202 valence electrons. The number of benzene rings is 2. The van der Waals surface area contributed by atoms with E-state index in [4.69, 9.17) is 0 Å². The molecule has 2 aromatic heterocycles. The van der Waals surface area contributed by atoms with E-state index in [0.29, 0.717) is 34.9 Å². The summed E-state index contributed by atoms with van der Waals surface area (Å²) < 4.78 is 15.4. The molecule has 3 unspecified atom stereocenters. The molecular weight excluding hydrogens is 511 g/mol. The summed E-state index contributed by atoms with van der Waals surface area (Å²) >= 11 is 0. The van der Waals surface area contributed by atoms with E-state index in [1.54, 1.807) is 23.0 Å². The third-order valence-corrected chi connectivity index (χ3v) is 8.55. The average Bonchev–Trinajstić information content (AvgIpc) is 3.85. The van der Waals surface area contributed by atoms with Crippen molar-refractivity contribution in [3.05, 3.63) is 83.7 Å². The highest BCUT2D eigenvalue weighted by Crippen LogP contribution is 2.67. The minimum absolute atomic E-state index is 0.151. The van der Waals surface area contributed by atoms with Gasteiger partial charge in [-0.3, -0.25) is 4.79 Å². The zero-order valence-corrected chi connectivity index (χ0v) is 21.6. The maximum Gasteiger partial charge on any atom is 0.229 e. The van der Waals surface area contributed by atoms with Crippen LogP contribution in [0.1, 0.15) is 41.8 Å². The SMILES string of the molecule is CNC(=O)[C@]12CC1[C@@H](n1cnc3c(N[C@@H]4CC4c4ccccc4)nc(C#Cc4cccc(F)c4)nc31)C(O)[C@@H]2O. The Bertz CT molecular complexity index is 1700. The number of fused-ring (bicyclic) bond motifs is 2. The number of halogens is 1. The molecule has 9 nitrogen and oxygen atoms in total. The molecule has 3 aliphatic rings. The Balaban J connectivity index is 1.28. The quantitative estimate of drug-likeness (QED) is 0.288. The lowest BCUT2D eigenvalue weighted by atomic mass is 9.98. The standard InChI is InChI=1S/C30H27FN6O3/c1-32-29(40)30-14-20(30)24(25(38)26(30)39)37-15-33-23-27(34-21-13-19(21)17-7-3-2-4-8-17)35-22(36-28(23)37)11-10-16-6-5-9-18(31)12-16/h2-9,12,15,19-21,24-26,38-39H,13-14H2,1H3,(H,32,40)(H,34,35,36)/t19?,20?,21-,24-,25?,26+,30-/m1/s1. The van der Waals surface area contributed by atoms with Crippen molar-refractivity contribution >= 4 is 22.9 Å². The van der Waals surface area contributed by atoms with Gasteiger partial charge in [0.25, 0.3) is 0 Å². The first-order chi connectivity index (χ1) is 19.4. The van der Waals surface area contributed by atoms with Crippen LogP contribution in [0.3, 0.4) is 0 Å². The third-order valence-electron chi connectivity index (χ3n) is 8.55. The van der Waals surface area contributed by atoms with Crippen LogP contribution in [0, 0.1) is 29.0 Å². The second kappa shape index (κ2) is 9.11. The normalized spacial score (nSPS) is 29.8. The molecule has 3 fully saturated rings. The fraction of sp³-hybridized carbons (Fsp3) is 0.333. The van der Waals surface area contributed by atoms with E-state index in [2.05, 4.69) is 49.6 Å². The highest BCUT2D eigenvalue weighted by atomic mass is 19.1. The monoisotopic (exact) mass is 538 g/mol. The maximum atomic E-state index is 13.7. The molecule has 4 aromatic rings. The molecule has 40 heavy (non-hydrogen) atoms. The van der Waals surface area contributed by atoms with Gasteiger partial charge < -0.3 is 25.4 Å². The van der Waals surface area contributed by atoms with E-state index in [1.807, 2.05) is 18.2 Å². The summed E-state index contributed by atoms with van der Waals surface area (Å²) in [5.41, 5.74) is 1.65. The number of aliphatic hydroxyl groups is 2. The molecule has 0 bridgehead atoms. The highest BCUT2D eigenvalue weighted by Gasteiger charge is 2.75. The fourth-order valence-corrected chi connectivity index (χ4v) is 6.37. The number of aliphatic hydroxyl groups excluding tert-OH is 2. The van der Waals surface area contributed by atoms with Crippen LogP contribution in [0.25, 0.3) is 11.2 Å². The van der Waals surface area contributed by atoms with Crippen LogP contribution in [0.4, 0.5) is 10.2 Å². The largest absolute Gasteiger partial charge is 0.389 e. The summed E-state index contributed by atoms with van der Waals surface area (Å²) in [5, 5.41) is 28.0. The van der Waals surface area contributed by atoms with Gasteiger partial charge in [-0.2, -0.15) is 0 Å². The summed E-state index contributed by atoms with van der Waals surface area (Å²) in [6.45, 7) is 0. The van der Waals surface area contributed by atoms with Gasteiger partial charge in [0.2, 0.25) is 11.7 Å². The molecule has 3 saturated carbocycles. The van der Waals surface area contributed by atoms with E-state index in [-0.39, 0.29) is 29.5 Å². The number of anilines is 1. The summed E-state index contributed by atoms with van der Waals surface area (Å²) in [6.07, 6.45) is 0.593. The van der Waals surface area contributed by atoms with Crippen LogP contribution < -0.4 is 10.6 Å². The Hall–Kier alpha value is -4.33. The van der Waals surface area contributed by atoms with Crippen LogP contribution in [-0.4, -0.2) is 60.9 Å². The Labute approximate surface area is 229 Å². The number of nitrogens with zero attached hydrogens (tertiary/aromatic N) is 4. The van der Waals surface area contributed by atoms with Crippen LogP contribution in [0.5, 0.6) is 0 Å². The van der Waals surface area contributed by atoms with Crippen molar-refractivity contribution in [3.63, 3.8) is 0 Å². The lowest BCUT2D eigenvalue weighted by molar-refractivity contribution is -0.132. The Morgan fingerprint density at radius 1 is 1.12 bits per heavy atom. The van der Waals surface area contributed by atoms with E-state index in [9.17, 15) is 19.4 Å². The van der Waals surface area contributed by atoms with Crippen LogP contribution in [-0.2, 0) is 4.79 Å². The predicted molar refractivity (Wildman–Crippen MR) is 145 cm³/mol. The van der Waals surface area contributed by atoms with Crippen molar-refractivity contribution in [1.29, 1.82) is 0 Å². The summed E-state index contributed by atoms with van der Waals surface area (Å²) in [4.78, 5) is 26.6. The summed E-state index contributed by atoms with van der Waals surface area (Å²) in [6, 6.07) is 15.8. The van der Waals surface area contributed by atoms with Crippen molar-refractivity contribution in [3.8, 4) is 11.8 Å². The molecule has 4 N–H and O–H groups in total. The number of rotatable bonds is 5. The summed E-state index contributed by atoms with van der Waals surface area (Å²) in [5.74, 6) is 5.99. The van der Waals surface area contributed by atoms with Gasteiger partial charge in [-0.1, -0.05) is 42.3 Å². The third kappa shape index (κ3) is 3.85. The molecular formula is C30H27FN6O3. The average molecular weight is 539 g/mol. The van der Waals surface area contributed by atoms with Crippen molar-refractivity contribution in [2.45, 2.75) is 43.1 Å². The molecule has 0 spiro atoms. The van der Waals surface area contributed by atoms with Gasteiger partial charge in [0, 0.05) is 30.5 Å². The van der Waals surface area contributed by atoms with Crippen molar-refractivity contribution in [2.24, 2.45) is 11.3 Å². The molecule has 2 heterocycles. The van der Waals surface area contributed by atoms with E-state index >= 15 is 0 Å². The number of aromatic nitrogens is 4. The van der Waals surface area contributed by atoms with Gasteiger partial charge in [0.05, 0.1) is 23.9 Å². The smallest absolute Gasteiger partial charge is 0.229 e. The zero-order chi connectivity index (χ0) is 27.6. The van der Waals surface area contributed by atoms with E-state index < -0.39 is 23.7 Å². The van der Waals surface area contributed by atoms with Gasteiger partial charge in [-0.25, -0.2) is 19.3 Å². The number of carbonyl (C=O) groups excluding carboxylic acids is 1. The molecule has 2 aromatic carbocycles. The predicted octanol–water partition coefficient (Wildman–Crippen LogP) is 2.36. The van der Waals surface area contributed by atoms with Crippen LogP contribution >= 0.6 is 0 Å². The molecule has 1 amide bonds. The van der Waals surface area contributed by atoms with Gasteiger partial charge >= 0.3 is 0 Å². The lowest BCUT2D eigenvalue weighted by Crippen LogP contribution is -2.41. The van der Waals surface area contributed by atoms with Crippen molar-refractivity contribution in [1.82, 2.24) is 24.8 Å². The second-order valence-corrected chi connectivity index (χ2v) is 10.8. The first-order valence-electron chi connectivity index (χ1n) is 13.3. The molecule has 7 rings (SSSR count). The Kier molecular flexibility index (Phi) is 5.63. The topological polar surface area (TPSA) is 125 Å².